The van der Waals surface area contributed by atoms with Crippen LogP contribution in [0.15, 0.2) is 29.3 Å². The molecule has 1 saturated carbocycles. The Bertz CT molecular complexity index is 602. The number of benzene rings is 1. The van der Waals surface area contributed by atoms with E-state index in [0.29, 0.717) is 43.9 Å². The van der Waals surface area contributed by atoms with Crippen LogP contribution in [0, 0.1) is 0 Å². The molecule has 29 heavy (non-hydrogen) atoms. The highest BCUT2D eigenvalue weighted by atomic mass is 127. The van der Waals surface area contributed by atoms with Gasteiger partial charge < -0.3 is 25.4 Å². The fourth-order valence-electron chi connectivity index (χ4n) is 3.23. The van der Waals surface area contributed by atoms with Crippen molar-refractivity contribution in [3.05, 3.63) is 29.8 Å². The first-order valence-corrected chi connectivity index (χ1v) is 10.2. The van der Waals surface area contributed by atoms with Crippen LogP contribution in [0.2, 0.25) is 0 Å². The topological polar surface area (TPSA) is 84.0 Å². The number of guanidine groups is 1. The molecule has 1 fully saturated rings. The van der Waals surface area contributed by atoms with Crippen molar-refractivity contribution in [1.82, 2.24) is 16.0 Å². The molecule has 0 heterocycles. The van der Waals surface area contributed by atoms with E-state index >= 15 is 0 Å². The van der Waals surface area contributed by atoms with Crippen molar-refractivity contribution in [2.75, 3.05) is 40.4 Å². The van der Waals surface area contributed by atoms with Crippen LogP contribution in [0.4, 0.5) is 0 Å². The molecule has 1 aliphatic carbocycles. The zero-order chi connectivity index (χ0) is 20.0. The van der Waals surface area contributed by atoms with E-state index in [0.717, 1.165) is 5.75 Å². The van der Waals surface area contributed by atoms with E-state index in [4.69, 9.17) is 9.47 Å². The lowest BCUT2D eigenvalue weighted by Gasteiger charge is -2.17. The predicted octanol–water partition coefficient (Wildman–Crippen LogP) is 2.95. The fourth-order valence-corrected chi connectivity index (χ4v) is 3.23. The molecule has 7 nitrogen and oxygen atoms in total. The molecule has 3 N–H and O–H groups in total. The molecule has 0 bridgehead atoms. The van der Waals surface area contributed by atoms with E-state index in [1.54, 1.807) is 38.4 Å². The third kappa shape index (κ3) is 10.2. The van der Waals surface area contributed by atoms with Gasteiger partial charge in [-0.1, -0.05) is 25.7 Å². The minimum Gasteiger partial charge on any atom is -0.497 e. The number of carbonyl (C=O) groups is 1. The van der Waals surface area contributed by atoms with Crippen LogP contribution < -0.4 is 20.7 Å². The highest BCUT2D eigenvalue weighted by molar-refractivity contribution is 14.0. The van der Waals surface area contributed by atoms with Crippen molar-refractivity contribution >= 4 is 35.8 Å². The quantitative estimate of drug-likeness (QED) is 0.154. The Morgan fingerprint density at radius 2 is 1.62 bits per heavy atom. The molecule has 0 unspecified atom stereocenters. The monoisotopic (exact) mass is 518 g/mol. The Morgan fingerprint density at radius 3 is 2.24 bits per heavy atom. The average Bonchev–Trinajstić information content (AvgIpc) is 3.01. The van der Waals surface area contributed by atoms with Gasteiger partial charge in [0.05, 0.1) is 19.8 Å². The highest BCUT2D eigenvalue weighted by Gasteiger charge is 2.12. The van der Waals surface area contributed by atoms with Crippen LogP contribution >= 0.6 is 24.0 Å². The van der Waals surface area contributed by atoms with E-state index in [1.165, 1.54) is 38.5 Å². The molecule has 1 aliphatic rings. The number of methoxy groups -OCH3 is 1. The molecule has 8 heteroatoms. The van der Waals surface area contributed by atoms with Crippen molar-refractivity contribution in [3.63, 3.8) is 0 Å². The van der Waals surface area contributed by atoms with Gasteiger partial charge in [-0.15, -0.1) is 24.0 Å². The van der Waals surface area contributed by atoms with Gasteiger partial charge in [0.2, 0.25) is 0 Å². The smallest absolute Gasteiger partial charge is 0.251 e. The molecule has 0 aliphatic heterocycles. The van der Waals surface area contributed by atoms with Crippen LogP contribution in [0.3, 0.4) is 0 Å². The molecule has 1 aromatic rings. The molecule has 0 radical (unpaired) electrons. The Morgan fingerprint density at radius 1 is 1.00 bits per heavy atom. The van der Waals surface area contributed by atoms with E-state index in [1.807, 2.05) is 0 Å². The number of rotatable bonds is 9. The molecule has 1 aromatic carbocycles. The lowest BCUT2D eigenvalue weighted by atomic mass is 10.1. The molecule has 1 amide bonds. The summed E-state index contributed by atoms with van der Waals surface area (Å²) < 4.78 is 11.1. The van der Waals surface area contributed by atoms with E-state index in [9.17, 15) is 4.79 Å². The second-order valence-electron chi connectivity index (χ2n) is 6.89. The average molecular weight is 518 g/mol. The molecule has 0 saturated heterocycles. The first-order chi connectivity index (χ1) is 13.7. The highest BCUT2D eigenvalue weighted by Crippen LogP contribution is 2.19. The van der Waals surface area contributed by atoms with Crippen molar-refractivity contribution in [2.45, 2.75) is 44.6 Å². The molecular weight excluding hydrogens is 483 g/mol. The maximum absolute atomic E-state index is 12.1. The van der Waals surface area contributed by atoms with E-state index in [2.05, 4.69) is 20.9 Å². The number of hydrogen-bond acceptors (Lipinski definition) is 4. The molecule has 0 aromatic heterocycles. The Kier molecular flexibility index (Phi) is 13.5. The summed E-state index contributed by atoms with van der Waals surface area (Å²) >= 11 is 0. The number of nitrogens with zero attached hydrogens (tertiary/aromatic N) is 1. The SMILES string of the molecule is CN=C(NCCNC(=O)c1ccc(OC)cc1)NCCOC1CCCCCC1.I. The van der Waals surface area contributed by atoms with Crippen molar-refractivity contribution in [3.8, 4) is 5.75 Å². The first kappa shape index (κ1) is 25.5. The molecular formula is C21H35IN4O3. The number of aliphatic imine (C=N–C) groups is 1. The Hall–Kier alpha value is -1.55. The van der Waals surface area contributed by atoms with Gasteiger partial charge in [0.25, 0.3) is 5.91 Å². The second-order valence-corrected chi connectivity index (χ2v) is 6.89. The Balaban J connectivity index is 0.00000420. The van der Waals surface area contributed by atoms with Gasteiger partial charge in [-0.2, -0.15) is 0 Å². The van der Waals surface area contributed by atoms with Gasteiger partial charge in [0.15, 0.2) is 5.96 Å². The summed E-state index contributed by atoms with van der Waals surface area (Å²) in [7, 11) is 3.34. The summed E-state index contributed by atoms with van der Waals surface area (Å²) in [6.45, 7) is 2.49. The predicted molar refractivity (Wildman–Crippen MR) is 128 cm³/mol. The zero-order valence-corrected chi connectivity index (χ0v) is 19.9. The lowest BCUT2D eigenvalue weighted by Crippen LogP contribution is -2.42. The summed E-state index contributed by atoms with van der Waals surface area (Å²) in [6.07, 6.45) is 8.01. The summed E-state index contributed by atoms with van der Waals surface area (Å²) in [5, 5.41) is 9.32. The van der Waals surface area contributed by atoms with Crippen LogP contribution in [0.5, 0.6) is 5.75 Å². The van der Waals surface area contributed by atoms with Crippen molar-refractivity contribution < 1.29 is 14.3 Å². The van der Waals surface area contributed by atoms with Crippen molar-refractivity contribution in [2.24, 2.45) is 4.99 Å². The summed E-state index contributed by atoms with van der Waals surface area (Å²) in [5.74, 6) is 1.34. The molecule has 164 valence electrons. The number of amides is 1. The van der Waals surface area contributed by atoms with Gasteiger partial charge >= 0.3 is 0 Å². The number of carbonyl (C=O) groups excluding carboxylic acids is 1. The van der Waals surface area contributed by atoms with Crippen LogP contribution in [0.1, 0.15) is 48.9 Å². The van der Waals surface area contributed by atoms with Crippen LogP contribution in [-0.4, -0.2) is 58.4 Å². The number of hydrogen-bond donors (Lipinski definition) is 3. The van der Waals surface area contributed by atoms with Gasteiger partial charge in [0.1, 0.15) is 5.75 Å². The van der Waals surface area contributed by atoms with Gasteiger partial charge in [-0.25, -0.2) is 0 Å². The second kappa shape index (κ2) is 15.3. The van der Waals surface area contributed by atoms with Gasteiger partial charge in [0, 0.05) is 32.2 Å². The van der Waals surface area contributed by atoms with Crippen LogP contribution in [0.25, 0.3) is 0 Å². The van der Waals surface area contributed by atoms with Gasteiger partial charge in [-0.05, 0) is 37.1 Å². The minimum atomic E-state index is -0.107. The van der Waals surface area contributed by atoms with Gasteiger partial charge in [-0.3, -0.25) is 9.79 Å². The Labute approximate surface area is 191 Å². The third-order valence-electron chi connectivity index (χ3n) is 4.83. The van der Waals surface area contributed by atoms with E-state index < -0.39 is 0 Å². The largest absolute Gasteiger partial charge is 0.497 e. The summed E-state index contributed by atoms with van der Waals surface area (Å²) in [6, 6.07) is 7.04. The van der Waals surface area contributed by atoms with Crippen LogP contribution in [-0.2, 0) is 4.74 Å². The maximum Gasteiger partial charge on any atom is 0.251 e. The van der Waals surface area contributed by atoms with Crippen molar-refractivity contribution in [1.29, 1.82) is 0 Å². The summed E-state index contributed by atoms with van der Waals surface area (Å²) in [4.78, 5) is 16.3. The first-order valence-electron chi connectivity index (χ1n) is 10.2. The fraction of sp³-hybridized carbons (Fsp3) is 0.619. The maximum atomic E-state index is 12.1. The third-order valence-corrected chi connectivity index (χ3v) is 4.83. The number of ether oxygens (including phenoxy) is 2. The normalized spacial score (nSPS) is 15.0. The number of halogens is 1. The summed E-state index contributed by atoms with van der Waals surface area (Å²) in [5.41, 5.74) is 0.610. The molecule has 2 rings (SSSR count). The molecule has 0 atom stereocenters. The lowest BCUT2D eigenvalue weighted by molar-refractivity contribution is 0.0468. The van der Waals surface area contributed by atoms with E-state index in [-0.39, 0.29) is 29.9 Å². The molecule has 0 spiro atoms. The standard InChI is InChI=1S/C21H34N4O3.HI/c1-22-21(25-15-16-28-19-7-5-3-4-6-8-19)24-14-13-23-20(26)17-9-11-18(27-2)12-10-17;/h9-12,19H,3-8,13-16H2,1-2H3,(H,23,26)(H2,22,24,25);1H. The zero-order valence-electron chi connectivity index (χ0n) is 17.5. The minimum absolute atomic E-state index is 0. The number of nitrogens with one attached hydrogen (secondary N) is 3.